The molecule has 0 radical (unpaired) electrons. The first kappa shape index (κ1) is 9.60. The van der Waals surface area contributed by atoms with E-state index < -0.39 is 5.79 Å². The van der Waals surface area contributed by atoms with Crippen molar-refractivity contribution < 1.29 is 0 Å². The molecule has 5 N–H and O–H groups in total. The van der Waals surface area contributed by atoms with Crippen LogP contribution >= 0.6 is 0 Å². The number of nitrogens with two attached hydrogens (primary N) is 2. The molecule has 6 nitrogen and oxygen atoms in total. The Bertz CT molecular complexity index is 398. The smallest absolute Gasteiger partial charge is 0.197 e. The van der Waals surface area contributed by atoms with Gasteiger partial charge in [-0.1, -0.05) is 0 Å². The number of guanidine groups is 1. The fraction of sp³-hybridized carbons (Fsp3) is 0.222. The lowest BCUT2D eigenvalue weighted by Gasteiger charge is -2.28. The fourth-order valence-electron chi connectivity index (χ4n) is 1.38. The number of hydrogen-bond acceptors (Lipinski definition) is 6. The second kappa shape index (κ2) is 3.66. The van der Waals surface area contributed by atoms with Crippen LogP contribution in [0.1, 0.15) is 5.56 Å². The van der Waals surface area contributed by atoms with Gasteiger partial charge in [0.05, 0.1) is 0 Å². The van der Waals surface area contributed by atoms with Crippen LogP contribution in [0.5, 0.6) is 0 Å². The molecule has 0 bridgehead atoms. The van der Waals surface area contributed by atoms with Crippen LogP contribution in [0.15, 0.2) is 34.5 Å². The number of nitrogens with one attached hydrogen (secondary N) is 1. The summed E-state index contributed by atoms with van der Waals surface area (Å²) in [5, 5.41) is 2.83. The summed E-state index contributed by atoms with van der Waals surface area (Å²) >= 11 is 0. The van der Waals surface area contributed by atoms with Crippen LogP contribution in [0.4, 0.5) is 0 Å². The van der Waals surface area contributed by atoms with Crippen molar-refractivity contribution in [2.45, 2.75) is 12.2 Å². The molecule has 0 saturated carbocycles. The maximum atomic E-state index is 5.99. The summed E-state index contributed by atoms with van der Waals surface area (Å²) in [6.07, 6.45) is 5.32. The number of aliphatic imine (C=N–C) groups is 2. The molecule has 0 fully saturated rings. The van der Waals surface area contributed by atoms with E-state index in [4.69, 9.17) is 11.5 Å². The molecule has 0 saturated heterocycles. The average molecular weight is 204 g/mol. The first-order valence-electron chi connectivity index (χ1n) is 4.51. The Morgan fingerprint density at radius 1 is 1.33 bits per heavy atom. The highest BCUT2D eigenvalue weighted by Crippen LogP contribution is 2.10. The molecule has 2 rings (SSSR count). The van der Waals surface area contributed by atoms with Crippen molar-refractivity contribution in [1.29, 1.82) is 0 Å². The SMILES string of the molecule is NC1=NC=NC(N)(Cc2ccncc2)N1. The first-order valence-corrected chi connectivity index (χ1v) is 4.51. The maximum absolute atomic E-state index is 5.99. The van der Waals surface area contributed by atoms with E-state index in [1.165, 1.54) is 6.34 Å². The summed E-state index contributed by atoms with van der Waals surface area (Å²) < 4.78 is 0. The molecule has 1 unspecified atom stereocenters. The molecule has 1 aliphatic heterocycles. The Morgan fingerprint density at radius 3 is 2.73 bits per heavy atom. The lowest BCUT2D eigenvalue weighted by atomic mass is 10.1. The molecule has 0 amide bonds. The first-order chi connectivity index (χ1) is 7.18. The summed E-state index contributed by atoms with van der Waals surface area (Å²) in [5.74, 6) is -0.630. The summed E-state index contributed by atoms with van der Waals surface area (Å²) in [5.41, 5.74) is 12.5. The minimum absolute atomic E-state index is 0.279. The van der Waals surface area contributed by atoms with Crippen molar-refractivity contribution in [2.75, 3.05) is 0 Å². The van der Waals surface area contributed by atoms with E-state index in [1.54, 1.807) is 12.4 Å². The van der Waals surface area contributed by atoms with Gasteiger partial charge in [-0.25, -0.2) is 9.98 Å². The Balaban J connectivity index is 2.13. The van der Waals surface area contributed by atoms with Crippen molar-refractivity contribution in [3.05, 3.63) is 30.1 Å². The minimum atomic E-state index is -0.910. The van der Waals surface area contributed by atoms with Gasteiger partial charge in [0, 0.05) is 18.8 Å². The van der Waals surface area contributed by atoms with Crippen LogP contribution in [-0.4, -0.2) is 23.1 Å². The highest BCUT2D eigenvalue weighted by atomic mass is 15.3. The highest BCUT2D eigenvalue weighted by Gasteiger charge is 2.26. The van der Waals surface area contributed by atoms with Gasteiger partial charge >= 0.3 is 0 Å². The molecule has 1 atom stereocenters. The van der Waals surface area contributed by atoms with Crippen molar-refractivity contribution >= 4 is 12.3 Å². The quantitative estimate of drug-likeness (QED) is 0.586. The van der Waals surface area contributed by atoms with Crippen LogP contribution in [0.2, 0.25) is 0 Å². The Morgan fingerprint density at radius 2 is 2.07 bits per heavy atom. The van der Waals surface area contributed by atoms with Gasteiger partial charge in [-0.05, 0) is 17.7 Å². The molecule has 78 valence electrons. The van der Waals surface area contributed by atoms with Crippen LogP contribution in [0.25, 0.3) is 0 Å². The zero-order chi connectivity index (χ0) is 10.7. The lowest BCUT2D eigenvalue weighted by molar-refractivity contribution is 0.405. The number of nitrogens with zero attached hydrogens (tertiary/aromatic N) is 3. The molecule has 0 aliphatic carbocycles. The van der Waals surface area contributed by atoms with E-state index in [0.717, 1.165) is 5.56 Å². The third kappa shape index (κ3) is 2.29. The maximum Gasteiger partial charge on any atom is 0.197 e. The molecule has 6 heteroatoms. The Hall–Kier alpha value is -1.95. The van der Waals surface area contributed by atoms with Crippen LogP contribution in [0.3, 0.4) is 0 Å². The second-order valence-corrected chi connectivity index (χ2v) is 3.34. The molecule has 2 heterocycles. The third-order valence-electron chi connectivity index (χ3n) is 2.05. The topological polar surface area (TPSA) is 102 Å². The van der Waals surface area contributed by atoms with Crippen molar-refractivity contribution in [1.82, 2.24) is 10.3 Å². The summed E-state index contributed by atoms with van der Waals surface area (Å²) in [7, 11) is 0. The number of hydrogen-bond donors (Lipinski definition) is 3. The van der Waals surface area contributed by atoms with Crippen LogP contribution in [-0.2, 0) is 6.42 Å². The van der Waals surface area contributed by atoms with Crippen molar-refractivity contribution in [2.24, 2.45) is 21.5 Å². The normalized spacial score (nSPS) is 24.5. The largest absolute Gasteiger partial charge is 0.370 e. The second-order valence-electron chi connectivity index (χ2n) is 3.34. The van der Waals surface area contributed by atoms with E-state index in [-0.39, 0.29) is 5.96 Å². The van der Waals surface area contributed by atoms with Gasteiger partial charge in [0.1, 0.15) is 6.34 Å². The fourth-order valence-corrected chi connectivity index (χ4v) is 1.38. The van der Waals surface area contributed by atoms with Gasteiger partial charge in [-0.2, -0.15) is 0 Å². The van der Waals surface area contributed by atoms with Crippen molar-refractivity contribution in [3.63, 3.8) is 0 Å². The lowest BCUT2D eigenvalue weighted by Crippen LogP contribution is -2.59. The molecular weight excluding hydrogens is 192 g/mol. The molecule has 1 aromatic heterocycles. The standard InChI is InChI=1S/C9H12N6/c10-8-13-6-14-9(11,15-8)5-7-1-3-12-4-2-7/h1-4,6H,5,11H2,(H3,10,13,14,15). The predicted molar refractivity (Wildman–Crippen MR) is 58.1 cm³/mol. The Labute approximate surface area is 87.1 Å². The van der Waals surface area contributed by atoms with Crippen molar-refractivity contribution in [3.8, 4) is 0 Å². The zero-order valence-electron chi connectivity index (χ0n) is 8.09. The van der Waals surface area contributed by atoms with E-state index in [1.807, 2.05) is 12.1 Å². The predicted octanol–water partition coefficient (Wildman–Crippen LogP) is -0.817. The Kier molecular flexibility index (Phi) is 2.34. The monoisotopic (exact) mass is 204 g/mol. The minimum Gasteiger partial charge on any atom is -0.370 e. The van der Waals surface area contributed by atoms with Crippen LogP contribution < -0.4 is 16.8 Å². The van der Waals surface area contributed by atoms with Gasteiger partial charge in [0.2, 0.25) is 0 Å². The zero-order valence-corrected chi connectivity index (χ0v) is 8.09. The third-order valence-corrected chi connectivity index (χ3v) is 2.05. The van der Waals surface area contributed by atoms with Crippen LogP contribution in [0, 0.1) is 0 Å². The number of pyridine rings is 1. The highest BCUT2D eigenvalue weighted by molar-refractivity contribution is 5.87. The average Bonchev–Trinajstić information content (AvgIpc) is 2.18. The molecule has 1 aliphatic rings. The molecular formula is C9H12N6. The summed E-state index contributed by atoms with van der Waals surface area (Å²) in [4.78, 5) is 11.8. The number of rotatable bonds is 2. The van der Waals surface area contributed by atoms with E-state index in [9.17, 15) is 0 Å². The molecule has 0 aromatic carbocycles. The molecule has 0 spiro atoms. The summed E-state index contributed by atoms with van der Waals surface area (Å²) in [6.45, 7) is 0. The van der Waals surface area contributed by atoms with E-state index in [2.05, 4.69) is 20.3 Å². The number of aromatic nitrogens is 1. The summed E-state index contributed by atoms with van der Waals surface area (Å²) in [6, 6.07) is 3.77. The molecule has 15 heavy (non-hydrogen) atoms. The van der Waals surface area contributed by atoms with Gasteiger partial charge in [0.25, 0.3) is 0 Å². The molecule has 1 aromatic rings. The van der Waals surface area contributed by atoms with Gasteiger partial charge in [-0.3, -0.25) is 10.7 Å². The van der Waals surface area contributed by atoms with Gasteiger partial charge in [0.15, 0.2) is 11.7 Å². The van der Waals surface area contributed by atoms with Gasteiger partial charge < -0.3 is 11.1 Å². The van der Waals surface area contributed by atoms with E-state index in [0.29, 0.717) is 6.42 Å². The van der Waals surface area contributed by atoms with Gasteiger partial charge in [-0.15, -0.1) is 0 Å². The van der Waals surface area contributed by atoms with E-state index >= 15 is 0 Å².